The lowest BCUT2D eigenvalue weighted by Gasteiger charge is -2.27. The van der Waals surface area contributed by atoms with Gasteiger partial charge in [-0.25, -0.2) is 4.39 Å². The monoisotopic (exact) mass is 314 g/mol. The van der Waals surface area contributed by atoms with Crippen LogP contribution in [0, 0.1) is 17.7 Å². The van der Waals surface area contributed by atoms with Crippen LogP contribution in [0.15, 0.2) is 24.3 Å². The van der Waals surface area contributed by atoms with Crippen molar-refractivity contribution < 1.29 is 9.18 Å². The summed E-state index contributed by atoms with van der Waals surface area (Å²) in [5.74, 6) is 0.280. The van der Waals surface area contributed by atoms with Gasteiger partial charge in [0, 0.05) is 19.1 Å². The van der Waals surface area contributed by atoms with Gasteiger partial charge in [-0.2, -0.15) is 0 Å². The Morgan fingerprint density at radius 2 is 1.90 bits per heavy atom. The number of hydrogen-bond acceptors (Lipinski definition) is 2. The molecule has 1 aliphatic carbocycles. The minimum Gasteiger partial charge on any atom is -0.338 e. The number of amides is 1. The van der Waals surface area contributed by atoms with E-state index in [4.69, 9.17) is 5.73 Å². The number of carbonyl (C=O) groups excluding carboxylic acids is 1. The summed E-state index contributed by atoms with van der Waals surface area (Å²) in [6.07, 6.45) is 2.39. The molecule has 1 amide bonds. The van der Waals surface area contributed by atoms with Gasteiger partial charge >= 0.3 is 0 Å². The van der Waals surface area contributed by atoms with E-state index in [-0.39, 0.29) is 36.1 Å². The molecule has 2 rings (SSSR count). The molecule has 1 aromatic carbocycles. The largest absolute Gasteiger partial charge is 0.338 e. The Morgan fingerprint density at radius 3 is 2.38 bits per heavy atom. The Balaban J connectivity index is 0.00000220. The lowest BCUT2D eigenvalue weighted by atomic mass is 10.0. The second kappa shape index (κ2) is 7.76. The number of nitrogens with zero attached hydrogens (tertiary/aromatic N) is 1. The average Bonchev–Trinajstić information content (AvgIpc) is 3.22. The minimum atomic E-state index is -0.252. The summed E-state index contributed by atoms with van der Waals surface area (Å²) >= 11 is 0. The number of benzene rings is 1. The van der Waals surface area contributed by atoms with Crippen molar-refractivity contribution in [1.82, 2.24) is 4.90 Å². The summed E-state index contributed by atoms with van der Waals surface area (Å²) in [5, 5.41) is 0. The van der Waals surface area contributed by atoms with E-state index in [2.05, 4.69) is 0 Å². The van der Waals surface area contributed by atoms with E-state index in [0.29, 0.717) is 12.5 Å². The molecule has 0 saturated heterocycles. The van der Waals surface area contributed by atoms with Crippen molar-refractivity contribution in [1.29, 1.82) is 0 Å². The lowest BCUT2D eigenvalue weighted by molar-refractivity contribution is -0.136. The Labute approximate surface area is 132 Å². The Hall–Kier alpha value is -1.13. The van der Waals surface area contributed by atoms with Crippen molar-refractivity contribution in [3.8, 4) is 0 Å². The molecule has 2 unspecified atom stereocenters. The van der Waals surface area contributed by atoms with Crippen molar-refractivity contribution in [2.45, 2.75) is 39.3 Å². The van der Waals surface area contributed by atoms with Gasteiger partial charge in [0.05, 0.1) is 5.92 Å². The summed E-state index contributed by atoms with van der Waals surface area (Å²) in [5.41, 5.74) is 6.79. The standard InChI is InChI=1S/C16H23FN2O.ClH/c1-11(12(2)18)16(20)19(9-13-3-4-13)10-14-5-7-15(17)8-6-14;/h5-8,11-13H,3-4,9-10,18H2,1-2H3;1H. The summed E-state index contributed by atoms with van der Waals surface area (Å²) < 4.78 is 12.9. The molecule has 118 valence electrons. The number of hydrogen-bond donors (Lipinski definition) is 1. The van der Waals surface area contributed by atoms with E-state index in [1.807, 2.05) is 18.7 Å². The smallest absolute Gasteiger partial charge is 0.227 e. The molecule has 3 nitrogen and oxygen atoms in total. The minimum absolute atomic E-state index is 0. The van der Waals surface area contributed by atoms with Crippen LogP contribution < -0.4 is 5.73 Å². The topological polar surface area (TPSA) is 46.3 Å². The van der Waals surface area contributed by atoms with Crippen LogP contribution in [0.4, 0.5) is 4.39 Å². The van der Waals surface area contributed by atoms with Crippen molar-refractivity contribution in [2.75, 3.05) is 6.54 Å². The first-order valence-electron chi connectivity index (χ1n) is 7.26. The van der Waals surface area contributed by atoms with Crippen molar-refractivity contribution in [3.05, 3.63) is 35.6 Å². The summed E-state index contributed by atoms with van der Waals surface area (Å²) in [7, 11) is 0. The molecule has 0 bridgehead atoms. The zero-order valence-corrected chi connectivity index (χ0v) is 13.4. The maximum atomic E-state index is 12.9. The van der Waals surface area contributed by atoms with Crippen LogP contribution in [0.3, 0.4) is 0 Å². The fourth-order valence-electron chi connectivity index (χ4n) is 2.17. The fraction of sp³-hybridized carbons (Fsp3) is 0.562. The zero-order valence-electron chi connectivity index (χ0n) is 12.6. The van der Waals surface area contributed by atoms with E-state index >= 15 is 0 Å². The Bertz CT molecular complexity index is 460. The summed E-state index contributed by atoms with van der Waals surface area (Å²) in [6, 6.07) is 6.18. The van der Waals surface area contributed by atoms with Crippen molar-refractivity contribution in [2.24, 2.45) is 17.6 Å². The van der Waals surface area contributed by atoms with Crippen LogP contribution in [0.1, 0.15) is 32.3 Å². The molecule has 2 atom stereocenters. The Kier molecular flexibility index (Phi) is 6.62. The van der Waals surface area contributed by atoms with Crippen molar-refractivity contribution in [3.63, 3.8) is 0 Å². The predicted octanol–water partition coefficient (Wildman–Crippen LogP) is 2.97. The van der Waals surface area contributed by atoms with Crippen LogP contribution in [0.5, 0.6) is 0 Å². The average molecular weight is 315 g/mol. The maximum Gasteiger partial charge on any atom is 0.227 e. The van der Waals surface area contributed by atoms with E-state index in [1.54, 1.807) is 12.1 Å². The highest BCUT2D eigenvalue weighted by Gasteiger charge is 2.29. The van der Waals surface area contributed by atoms with Gasteiger partial charge in [0.25, 0.3) is 0 Å². The van der Waals surface area contributed by atoms with Gasteiger partial charge in [-0.3, -0.25) is 4.79 Å². The molecule has 0 heterocycles. The molecule has 21 heavy (non-hydrogen) atoms. The molecule has 1 saturated carbocycles. The highest BCUT2D eigenvalue weighted by Crippen LogP contribution is 2.30. The SMILES string of the molecule is CC(N)C(C)C(=O)N(Cc1ccc(F)cc1)CC1CC1.Cl. The molecule has 2 N–H and O–H groups in total. The van der Waals surface area contributed by atoms with Gasteiger partial charge in [0.1, 0.15) is 5.82 Å². The highest BCUT2D eigenvalue weighted by atomic mass is 35.5. The number of halogens is 2. The fourth-order valence-corrected chi connectivity index (χ4v) is 2.17. The van der Waals surface area contributed by atoms with Crippen LogP contribution in [0.2, 0.25) is 0 Å². The molecule has 1 fully saturated rings. The van der Waals surface area contributed by atoms with Gasteiger partial charge < -0.3 is 10.6 Å². The van der Waals surface area contributed by atoms with Gasteiger partial charge in [0.15, 0.2) is 0 Å². The first kappa shape index (κ1) is 17.9. The van der Waals surface area contributed by atoms with E-state index in [1.165, 1.54) is 25.0 Å². The molecule has 0 spiro atoms. The number of nitrogens with two attached hydrogens (primary N) is 1. The molecular weight excluding hydrogens is 291 g/mol. The van der Waals surface area contributed by atoms with E-state index in [0.717, 1.165) is 12.1 Å². The summed E-state index contributed by atoms with van der Waals surface area (Å²) in [6.45, 7) is 5.05. The highest BCUT2D eigenvalue weighted by molar-refractivity contribution is 5.85. The third kappa shape index (κ3) is 5.29. The second-order valence-corrected chi connectivity index (χ2v) is 5.94. The van der Waals surface area contributed by atoms with E-state index < -0.39 is 0 Å². The second-order valence-electron chi connectivity index (χ2n) is 5.94. The van der Waals surface area contributed by atoms with Gasteiger partial charge in [0.2, 0.25) is 5.91 Å². The third-order valence-corrected chi connectivity index (χ3v) is 3.95. The zero-order chi connectivity index (χ0) is 14.7. The molecule has 1 aromatic rings. The number of rotatable bonds is 6. The first-order chi connectivity index (χ1) is 9.47. The van der Waals surface area contributed by atoms with E-state index in [9.17, 15) is 9.18 Å². The molecule has 0 radical (unpaired) electrons. The molecule has 0 aliphatic heterocycles. The van der Waals surface area contributed by atoms with Crippen LogP contribution in [-0.4, -0.2) is 23.4 Å². The quantitative estimate of drug-likeness (QED) is 0.877. The van der Waals surface area contributed by atoms with Crippen LogP contribution in [0.25, 0.3) is 0 Å². The summed E-state index contributed by atoms with van der Waals surface area (Å²) in [4.78, 5) is 14.4. The molecule has 1 aliphatic rings. The number of carbonyl (C=O) groups is 1. The molecule has 5 heteroatoms. The Morgan fingerprint density at radius 1 is 1.33 bits per heavy atom. The van der Waals surface area contributed by atoms with Crippen molar-refractivity contribution >= 4 is 18.3 Å². The third-order valence-electron chi connectivity index (χ3n) is 3.95. The normalized spacial score (nSPS) is 16.8. The first-order valence-corrected chi connectivity index (χ1v) is 7.26. The van der Waals surface area contributed by atoms with Gasteiger partial charge in [-0.1, -0.05) is 19.1 Å². The van der Waals surface area contributed by atoms with Crippen LogP contribution >= 0.6 is 12.4 Å². The van der Waals surface area contributed by atoms with Gasteiger partial charge in [-0.05, 0) is 43.4 Å². The molecule has 0 aromatic heterocycles. The van der Waals surface area contributed by atoms with Crippen LogP contribution in [-0.2, 0) is 11.3 Å². The predicted molar refractivity (Wildman–Crippen MR) is 84.6 cm³/mol. The maximum absolute atomic E-state index is 12.9. The molecular formula is C16H24ClFN2O. The lowest BCUT2D eigenvalue weighted by Crippen LogP contribution is -2.42. The van der Waals surface area contributed by atoms with Gasteiger partial charge in [-0.15, -0.1) is 12.4 Å².